The molecule has 0 saturated heterocycles. The maximum Gasteiger partial charge on any atom is 0.271 e. The van der Waals surface area contributed by atoms with Gasteiger partial charge in [0, 0.05) is 23.0 Å². The Labute approximate surface area is 150 Å². The van der Waals surface area contributed by atoms with Crippen LogP contribution >= 0.6 is 0 Å². The first-order valence-corrected chi connectivity index (χ1v) is 7.93. The van der Waals surface area contributed by atoms with Crippen LogP contribution in [0.1, 0.15) is 26.4 Å². The van der Waals surface area contributed by atoms with E-state index >= 15 is 0 Å². The van der Waals surface area contributed by atoms with Crippen LogP contribution in [0, 0.1) is 0 Å². The summed E-state index contributed by atoms with van der Waals surface area (Å²) in [5, 5.41) is 6.65. The average Bonchev–Trinajstić information content (AvgIpc) is 2.69. The molecule has 2 aromatic carbocycles. The first kappa shape index (κ1) is 17.0. The molecule has 0 bridgehead atoms. The largest absolute Gasteiger partial charge is 0.322 e. The van der Waals surface area contributed by atoms with E-state index in [0.29, 0.717) is 22.5 Å². The number of carbonyl (C=O) groups excluding carboxylic acids is 2. The standard InChI is InChI=1S/C20H16N4O2/c25-19(15-7-2-1-3-8-15)23-17-11-6-9-16(13-17)20(26)24-22-14-18-10-4-5-12-21-18/h1-14H,(H,23,25)(H,24,26). The van der Waals surface area contributed by atoms with E-state index in [1.807, 2.05) is 12.1 Å². The average molecular weight is 344 g/mol. The summed E-state index contributed by atoms with van der Waals surface area (Å²) in [5.41, 5.74) is 4.53. The van der Waals surface area contributed by atoms with E-state index in [0.717, 1.165) is 0 Å². The van der Waals surface area contributed by atoms with Crippen molar-refractivity contribution in [2.45, 2.75) is 0 Å². The van der Waals surface area contributed by atoms with Gasteiger partial charge in [0.05, 0.1) is 11.9 Å². The monoisotopic (exact) mass is 344 g/mol. The van der Waals surface area contributed by atoms with Gasteiger partial charge in [-0.15, -0.1) is 0 Å². The van der Waals surface area contributed by atoms with E-state index in [9.17, 15) is 9.59 Å². The number of rotatable bonds is 5. The molecule has 2 amide bonds. The van der Waals surface area contributed by atoms with Crippen LogP contribution in [0.2, 0.25) is 0 Å². The molecule has 0 aliphatic carbocycles. The fourth-order valence-corrected chi connectivity index (χ4v) is 2.20. The molecular weight excluding hydrogens is 328 g/mol. The van der Waals surface area contributed by atoms with Gasteiger partial charge in [0.2, 0.25) is 0 Å². The van der Waals surface area contributed by atoms with Gasteiger partial charge in [-0.25, -0.2) is 5.43 Å². The molecule has 0 unspecified atom stereocenters. The smallest absolute Gasteiger partial charge is 0.271 e. The molecule has 6 nitrogen and oxygen atoms in total. The summed E-state index contributed by atoms with van der Waals surface area (Å²) in [6.45, 7) is 0. The van der Waals surface area contributed by atoms with E-state index in [1.165, 1.54) is 6.21 Å². The van der Waals surface area contributed by atoms with E-state index in [4.69, 9.17) is 0 Å². The predicted octanol–water partition coefficient (Wildman–Crippen LogP) is 3.10. The first-order chi connectivity index (χ1) is 12.7. The minimum absolute atomic E-state index is 0.240. The Bertz CT molecular complexity index is 925. The number of nitrogens with one attached hydrogen (secondary N) is 2. The zero-order valence-corrected chi connectivity index (χ0v) is 13.8. The van der Waals surface area contributed by atoms with Crippen LogP contribution < -0.4 is 10.7 Å². The number of pyridine rings is 1. The number of hydrogen-bond acceptors (Lipinski definition) is 4. The summed E-state index contributed by atoms with van der Waals surface area (Å²) in [6, 6.07) is 20.9. The SMILES string of the molecule is O=C(NN=Cc1ccccn1)c1cccc(NC(=O)c2ccccc2)c1. The lowest BCUT2D eigenvalue weighted by Gasteiger charge is -2.07. The van der Waals surface area contributed by atoms with Crippen LogP contribution in [0.5, 0.6) is 0 Å². The van der Waals surface area contributed by atoms with Crippen molar-refractivity contribution >= 4 is 23.7 Å². The van der Waals surface area contributed by atoms with Crippen molar-refractivity contribution in [3.63, 3.8) is 0 Å². The molecule has 0 radical (unpaired) electrons. The lowest BCUT2D eigenvalue weighted by atomic mass is 10.1. The van der Waals surface area contributed by atoms with Crippen molar-refractivity contribution < 1.29 is 9.59 Å². The molecule has 1 aromatic heterocycles. The Morgan fingerprint density at radius 3 is 2.38 bits per heavy atom. The number of anilines is 1. The lowest BCUT2D eigenvalue weighted by molar-refractivity contribution is 0.0953. The minimum atomic E-state index is -0.381. The van der Waals surface area contributed by atoms with Gasteiger partial charge >= 0.3 is 0 Å². The summed E-state index contributed by atoms with van der Waals surface area (Å²) in [4.78, 5) is 28.4. The van der Waals surface area contributed by atoms with E-state index < -0.39 is 0 Å². The molecular formula is C20H16N4O2. The zero-order valence-electron chi connectivity index (χ0n) is 13.8. The van der Waals surface area contributed by atoms with Crippen molar-refractivity contribution in [1.82, 2.24) is 10.4 Å². The van der Waals surface area contributed by atoms with Gasteiger partial charge in [0.1, 0.15) is 0 Å². The molecule has 0 aliphatic heterocycles. The summed E-state index contributed by atoms with van der Waals surface area (Å²) in [5.74, 6) is -0.621. The normalized spacial score (nSPS) is 10.5. The first-order valence-electron chi connectivity index (χ1n) is 7.93. The van der Waals surface area contributed by atoms with Crippen LogP contribution in [0.25, 0.3) is 0 Å². The number of carbonyl (C=O) groups is 2. The summed E-state index contributed by atoms with van der Waals surface area (Å²) in [7, 11) is 0. The van der Waals surface area contributed by atoms with Crippen molar-refractivity contribution in [2.24, 2.45) is 5.10 Å². The Morgan fingerprint density at radius 1 is 0.846 bits per heavy atom. The second-order valence-electron chi connectivity index (χ2n) is 5.35. The van der Waals surface area contributed by atoms with Gasteiger partial charge in [-0.1, -0.05) is 30.3 Å². The Balaban J connectivity index is 1.64. The third-order valence-electron chi connectivity index (χ3n) is 3.47. The number of aromatic nitrogens is 1. The van der Waals surface area contributed by atoms with Crippen LogP contribution in [0.4, 0.5) is 5.69 Å². The molecule has 0 aliphatic rings. The number of benzene rings is 2. The molecule has 3 aromatic rings. The predicted molar refractivity (Wildman–Crippen MR) is 100 cm³/mol. The molecule has 0 atom stereocenters. The third-order valence-corrected chi connectivity index (χ3v) is 3.47. The number of nitrogens with zero attached hydrogens (tertiary/aromatic N) is 2. The molecule has 0 spiro atoms. The number of hydrazone groups is 1. The number of hydrogen-bond donors (Lipinski definition) is 2. The molecule has 26 heavy (non-hydrogen) atoms. The zero-order chi connectivity index (χ0) is 18.2. The van der Waals surface area contributed by atoms with Crippen LogP contribution in [0.3, 0.4) is 0 Å². The second kappa shape index (κ2) is 8.34. The van der Waals surface area contributed by atoms with Gasteiger partial charge < -0.3 is 5.32 Å². The fourth-order valence-electron chi connectivity index (χ4n) is 2.20. The molecule has 128 valence electrons. The van der Waals surface area contributed by atoms with Gasteiger partial charge in [-0.2, -0.15) is 5.10 Å². The van der Waals surface area contributed by atoms with Crippen LogP contribution in [-0.4, -0.2) is 23.0 Å². The van der Waals surface area contributed by atoms with Crippen molar-refractivity contribution in [2.75, 3.05) is 5.32 Å². The lowest BCUT2D eigenvalue weighted by Crippen LogP contribution is -2.18. The van der Waals surface area contributed by atoms with Gasteiger partial charge in [-0.3, -0.25) is 14.6 Å². The highest BCUT2D eigenvalue weighted by atomic mass is 16.2. The molecule has 0 fully saturated rings. The minimum Gasteiger partial charge on any atom is -0.322 e. The van der Waals surface area contributed by atoms with Crippen LogP contribution in [-0.2, 0) is 0 Å². The Hall–Kier alpha value is -3.80. The third kappa shape index (κ3) is 4.61. The highest BCUT2D eigenvalue weighted by Gasteiger charge is 2.08. The molecule has 6 heteroatoms. The second-order valence-corrected chi connectivity index (χ2v) is 5.35. The van der Waals surface area contributed by atoms with E-state index in [1.54, 1.807) is 66.9 Å². The maximum atomic E-state index is 12.2. The maximum absolute atomic E-state index is 12.2. The topological polar surface area (TPSA) is 83.4 Å². The Kier molecular flexibility index (Phi) is 5.47. The summed E-state index contributed by atoms with van der Waals surface area (Å²) >= 11 is 0. The highest BCUT2D eigenvalue weighted by Crippen LogP contribution is 2.12. The van der Waals surface area contributed by atoms with E-state index in [2.05, 4.69) is 20.8 Å². The van der Waals surface area contributed by atoms with Gasteiger partial charge in [-0.05, 0) is 42.5 Å². The molecule has 0 saturated carbocycles. The van der Waals surface area contributed by atoms with Gasteiger partial charge in [0.25, 0.3) is 11.8 Å². The van der Waals surface area contributed by atoms with Crippen molar-refractivity contribution in [3.05, 3.63) is 95.8 Å². The fraction of sp³-hybridized carbons (Fsp3) is 0. The van der Waals surface area contributed by atoms with E-state index in [-0.39, 0.29) is 11.8 Å². The van der Waals surface area contributed by atoms with Crippen molar-refractivity contribution in [3.8, 4) is 0 Å². The van der Waals surface area contributed by atoms with Gasteiger partial charge in [0.15, 0.2) is 0 Å². The molecule has 1 heterocycles. The summed E-state index contributed by atoms with van der Waals surface area (Å²) in [6.07, 6.45) is 3.10. The number of amides is 2. The summed E-state index contributed by atoms with van der Waals surface area (Å²) < 4.78 is 0. The molecule has 3 rings (SSSR count). The van der Waals surface area contributed by atoms with Crippen molar-refractivity contribution in [1.29, 1.82) is 0 Å². The van der Waals surface area contributed by atoms with Crippen LogP contribution in [0.15, 0.2) is 84.1 Å². The highest BCUT2D eigenvalue weighted by molar-refractivity contribution is 6.05. The quantitative estimate of drug-likeness (QED) is 0.551. The Morgan fingerprint density at radius 2 is 1.62 bits per heavy atom. The molecule has 2 N–H and O–H groups in total.